The van der Waals surface area contributed by atoms with E-state index in [1.165, 1.54) is 0 Å². The first kappa shape index (κ1) is 30.4. The number of quaternary nitrogens is 1. The van der Waals surface area contributed by atoms with Crippen molar-refractivity contribution in [2.24, 2.45) is 0 Å². The summed E-state index contributed by atoms with van der Waals surface area (Å²) in [5.74, 6) is -26.8. The highest BCUT2D eigenvalue weighted by Crippen LogP contribution is 2.66. The van der Waals surface area contributed by atoms with E-state index in [1.54, 1.807) is 0 Å². The van der Waals surface area contributed by atoms with E-state index < -0.39 is 59.1 Å². The quantitative estimate of drug-likeness (QED) is 0.161. The molecule has 0 radical (unpaired) electrons. The van der Waals surface area contributed by atoms with Gasteiger partial charge in [0.15, 0.2) is 0 Å². The highest BCUT2D eigenvalue weighted by Gasteiger charge is 2.99. The van der Waals surface area contributed by atoms with Crippen molar-refractivity contribution < 1.29 is 96.8 Å². The average Bonchev–Trinajstić information content (AvgIpc) is 2.49. The summed E-state index contributed by atoms with van der Waals surface area (Å²) in [6, 6.07) is -28.5. The second-order valence-electron chi connectivity index (χ2n) is 5.45. The third kappa shape index (κ3) is 3.40. The van der Waals surface area contributed by atoms with Gasteiger partial charge in [-0.15, -0.1) is 26.3 Å². The van der Waals surface area contributed by atoms with Crippen LogP contribution in [0.15, 0.2) is 0 Å². The van der Waals surface area contributed by atoms with Crippen LogP contribution in [0.25, 0.3) is 0 Å². The van der Waals surface area contributed by atoms with Gasteiger partial charge in [-0.3, -0.25) is 0 Å². The fourth-order valence-electron chi connectivity index (χ4n) is 1.63. The van der Waals surface area contributed by atoms with E-state index in [0.29, 0.717) is 0 Å². The molecule has 0 N–H and O–H groups in total. The maximum absolute atomic E-state index is 13.4. The largest absolute Gasteiger partial charge is 0.619 e. The van der Waals surface area contributed by atoms with Gasteiger partial charge < -0.3 is 5.21 Å². The molecule has 0 heterocycles. The Labute approximate surface area is 158 Å². The first-order valence-electron chi connectivity index (χ1n) is 6.32. The van der Waals surface area contributed by atoms with Gasteiger partial charge in [0.25, 0.3) is 0 Å². The summed E-state index contributed by atoms with van der Waals surface area (Å²) in [7, 11) is 0. The Morgan fingerprint density at radius 2 is 0.438 bits per heavy atom. The molecule has 0 saturated carbocycles. The van der Waals surface area contributed by atoms with E-state index in [4.69, 9.17) is 0 Å². The van der Waals surface area contributed by atoms with Gasteiger partial charge in [0, 0.05) is 0 Å². The van der Waals surface area contributed by atoms with Crippen LogP contribution < -0.4 is 0 Å². The van der Waals surface area contributed by atoms with Crippen molar-refractivity contribution in [1.29, 1.82) is 0 Å². The lowest BCUT2D eigenvalue weighted by molar-refractivity contribution is -1.13. The molecule has 194 valence electrons. The molecule has 0 aliphatic rings. The number of halogens is 21. The molecule has 32 heavy (non-hydrogen) atoms. The fourth-order valence-corrected chi connectivity index (χ4v) is 1.63. The van der Waals surface area contributed by atoms with E-state index >= 15 is 0 Å². The van der Waals surface area contributed by atoms with Crippen LogP contribution in [0.2, 0.25) is 0 Å². The van der Waals surface area contributed by atoms with Gasteiger partial charge in [-0.1, -0.05) is 0 Å². The second kappa shape index (κ2) is 6.98. The van der Waals surface area contributed by atoms with Crippen molar-refractivity contribution in [3.05, 3.63) is 5.21 Å². The first-order valence-corrected chi connectivity index (χ1v) is 6.32. The molecule has 0 saturated heterocycles. The lowest BCUT2D eigenvalue weighted by atomic mass is 10.1. The van der Waals surface area contributed by atoms with E-state index in [9.17, 15) is 97.4 Å². The van der Waals surface area contributed by atoms with E-state index in [2.05, 4.69) is 0 Å². The topological polar surface area (TPSA) is 23.1 Å². The van der Waals surface area contributed by atoms with Crippen LogP contribution in [0.5, 0.6) is 0 Å². The van der Waals surface area contributed by atoms with Gasteiger partial charge in [-0.2, -0.15) is 70.5 Å². The Kier molecular flexibility index (Phi) is 6.64. The van der Waals surface area contributed by atoms with Gasteiger partial charge in [0.1, 0.15) is 0 Å². The molecule has 0 spiro atoms. The summed E-state index contributed by atoms with van der Waals surface area (Å²) in [6.45, 7) is 0. The predicted molar refractivity (Wildman–Crippen MR) is 51.5 cm³/mol. The van der Waals surface area contributed by atoms with Crippen LogP contribution in [0.4, 0.5) is 92.2 Å². The Morgan fingerprint density at radius 1 is 0.312 bits per heavy atom. The molecule has 0 amide bonds. The van der Waals surface area contributed by atoms with Gasteiger partial charge in [-0.05, 0) is 0 Å². The number of nitrogens with zero attached hydrogens (tertiary/aromatic N) is 1. The van der Waals surface area contributed by atoms with Gasteiger partial charge >= 0.3 is 54.4 Å². The predicted octanol–water partition coefficient (Wildman–Crippen LogP) is 6.67. The Balaban J connectivity index is 7.89. The minimum absolute atomic E-state index is 8.34. The molecule has 2 nitrogen and oxygen atoms in total. The minimum Gasteiger partial charge on any atom is -0.619 e. The van der Waals surface area contributed by atoms with E-state index in [-0.39, 0.29) is 0 Å². The third-order valence-electron chi connectivity index (χ3n) is 3.39. The summed E-state index contributed by atoms with van der Waals surface area (Å²) >= 11 is 0. The van der Waals surface area contributed by atoms with Crippen molar-refractivity contribution >= 4 is 0 Å². The lowest BCUT2D eigenvalue weighted by Gasteiger charge is -2.56. The summed E-state index contributed by atoms with van der Waals surface area (Å²) < 4.78 is 257. The first-order chi connectivity index (χ1) is 13.2. The lowest BCUT2D eigenvalue weighted by Crippen LogP contribution is -2.86. The van der Waals surface area contributed by atoms with E-state index in [0.717, 1.165) is 0 Å². The monoisotopic (exact) mass is 537 g/mol. The number of alkyl halides is 21. The second-order valence-corrected chi connectivity index (χ2v) is 5.45. The number of hydrogen-bond donors (Lipinski definition) is 0. The summed E-state index contributed by atoms with van der Waals surface area (Å²) in [5, 5.41) is 11.2. The fraction of sp³-hybridized carbons (Fsp3) is 1.00. The molecule has 0 fully saturated rings. The van der Waals surface area contributed by atoms with Crippen molar-refractivity contribution in [2.75, 3.05) is 0 Å². The summed E-state index contributed by atoms with van der Waals surface area (Å²) in [5.41, 5.74) is 0. The zero-order valence-electron chi connectivity index (χ0n) is 13.3. The molecule has 0 aromatic heterocycles. The van der Waals surface area contributed by atoms with E-state index in [1.807, 2.05) is 0 Å². The summed E-state index contributed by atoms with van der Waals surface area (Å²) in [4.78, 5) is 0. The van der Waals surface area contributed by atoms with Crippen molar-refractivity contribution in [3.8, 4) is 0 Å². The van der Waals surface area contributed by atoms with Gasteiger partial charge in [0.05, 0.1) is 0 Å². The molecule has 0 bridgehead atoms. The maximum Gasteiger partial charge on any atom is 0.474 e. The van der Waals surface area contributed by atoms with Gasteiger partial charge in [0.2, 0.25) is 0 Å². The molecule has 0 aliphatic carbocycles. The van der Waals surface area contributed by atoms with Gasteiger partial charge in [-0.25, -0.2) is 0 Å². The normalized spacial score (nSPS) is 17.1. The molecule has 0 aromatic carbocycles. The number of hydrogen-bond acceptors (Lipinski definition) is 1. The van der Waals surface area contributed by atoms with Crippen molar-refractivity contribution in [2.45, 2.75) is 54.4 Å². The molecule has 0 rings (SSSR count). The van der Waals surface area contributed by atoms with Crippen LogP contribution in [0.1, 0.15) is 0 Å². The zero-order valence-corrected chi connectivity index (χ0v) is 13.3. The molecule has 23 heteroatoms. The Morgan fingerprint density at radius 3 is 0.531 bits per heavy atom. The highest BCUT2D eigenvalue weighted by atomic mass is 19.4. The number of hydroxylamine groups is 3. The molecule has 0 unspecified atom stereocenters. The zero-order chi connectivity index (χ0) is 27.0. The minimum atomic E-state index is -9.48. The van der Waals surface area contributed by atoms with Crippen molar-refractivity contribution in [3.63, 3.8) is 0 Å². The standard InChI is InChI=1S/C9F21NO/c10-1(11,4(16,17)18)7(25,26)31(32,8(27,28)2(12,13)5(19,20)21)9(29,30)3(14,15)6(22,23)24. The Hall–Kier alpha value is -1.55. The molecule has 0 atom stereocenters. The highest BCUT2D eigenvalue weighted by molar-refractivity contribution is 4.98. The number of rotatable bonds is 6. The van der Waals surface area contributed by atoms with Crippen LogP contribution in [0.3, 0.4) is 0 Å². The third-order valence-corrected chi connectivity index (χ3v) is 3.39. The smallest absolute Gasteiger partial charge is 0.474 e. The van der Waals surface area contributed by atoms with Crippen LogP contribution >= 0.6 is 0 Å². The SMILES string of the molecule is [O-][N+](C(F)(F)C(F)(F)C(F)(F)F)(C(F)(F)C(F)(F)C(F)(F)F)C(F)(F)C(F)(F)C(F)(F)F. The van der Waals surface area contributed by atoms with Crippen LogP contribution in [-0.4, -0.2) is 59.1 Å². The van der Waals surface area contributed by atoms with Crippen molar-refractivity contribution in [1.82, 2.24) is 0 Å². The molecule has 0 aromatic rings. The summed E-state index contributed by atoms with van der Waals surface area (Å²) in [6.07, 6.45) is -25.0. The molecular formula is C9F21NO. The molecular weight excluding hydrogens is 537 g/mol. The van der Waals surface area contributed by atoms with Crippen LogP contribution in [-0.2, 0) is 0 Å². The van der Waals surface area contributed by atoms with Crippen LogP contribution in [0, 0.1) is 5.21 Å². The Bertz CT molecular complexity index is 600. The maximum atomic E-state index is 13.4. The molecule has 0 aliphatic heterocycles. The average molecular weight is 537 g/mol.